The number of alkyl halides is 3. The molecule has 1 N–H and O–H groups in total. The van der Waals surface area contributed by atoms with Crippen LogP contribution in [0.15, 0.2) is 42.5 Å². The Hall–Kier alpha value is -3.70. The highest BCUT2D eigenvalue weighted by molar-refractivity contribution is 5.95. The van der Waals surface area contributed by atoms with Crippen LogP contribution in [0, 0.1) is 15.9 Å². The predicted molar refractivity (Wildman–Crippen MR) is 85.1 cm³/mol. The zero-order valence-corrected chi connectivity index (χ0v) is 13.7. The summed E-state index contributed by atoms with van der Waals surface area (Å²) in [5.74, 6) is -3.50. The standard InChI is InChI=1S/C16H10F4N2O6/c17-12-6-3-10(7-13(12)22(25)26)21-14(23)8-27-15(24)9-1-4-11(5-2-9)28-16(18,19)20/h1-7H,8H2,(H,21,23). The van der Waals surface area contributed by atoms with Crippen molar-refractivity contribution in [3.63, 3.8) is 0 Å². The summed E-state index contributed by atoms with van der Waals surface area (Å²) >= 11 is 0. The minimum atomic E-state index is -4.88. The SMILES string of the molecule is O=C(COC(=O)c1ccc(OC(F)(F)F)cc1)Nc1ccc(F)c([N+](=O)[O-])c1. The van der Waals surface area contributed by atoms with Gasteiger partial charge in [0.2, 0.25) is 5.82 Å². The monoisotopic (exact) mass is 402 g/mol. The summed E-state index contributed by atoms with van der Waals surface area (Å²) in [6, 6.07) is 6.43. The fraction of sp³-hybridized carbons (Fsp3) is 0.125. The normalized spacial score (nSPS) is 10.9. The van der Waals surface area contributed by atoms with Crippen LogP contribution in [0.5, 0.6) is 5.75 Å². The van der Waals surface area contributed by atoms with Crippen LogP contribution in [0.2, 0.25) is 0 Å². The summed E-state index contributed by atoms with van der Waals surface area (Å²) < 4.78 is 57.7. The number of nitro groups is 1. The van der Waals surface area contributed by atoms with Gasteiger partial charge in [0.25, 0.3) is 5.91 Å². The minimum absolute atomic E-state index is 0.0946. The summed E-state index contributed by atoms with van der Waals surface area (Å²) in [6.45, 7) is -0.787. The number of anilines is 1. The van der Waals surface area contributed by atoms with Crippen molar-refractivity contribution < 1.29 is 41.5 Å². The smallest absolute Gasteiger partial charge is 0.452 e. The molecule has 0 atom stereocenters. The van der Waals surface area contributed by atoms with Gasteiger partial charge in [-0.2, -0.15) is 4.39 Å². The molecular weight excluding hydrogens is 392 g/mol. The van der Waals surface area contributed by atoms with E-state index >= 15 is 0 Å². The van der Waals surface area contributed by atoms with E-state index in [1.807, 2.05) is 0 Å². The Morgan fingerprint density at radius 3 is 2.32 bits per heavy atom. The fourth-order valence-corrected chi connectivity index (χ4v) is 1.93. The average Bonchev–Trinajstić information content (AvgIpc) is 2.60. The summed E-state index contributed by atoms with van der Waals surface area (Å²) in [6.07, 6.45) is -4.88. The van der Waals surface area contributed by atoms with Crippen molar-refractivity contribution in [2.24, 2.45) is 0 Å². The van der Waals surface area contributed by atoms with E-state index in [0.717, 1.165) is 42.5 Å². The van der Waals surface area contributed by atoms with Crippen molar-refractivity contribution >= 4 is 23.3 Å². The lowest BCUT2D eigenvalue weighted by Crippen LogP contribution is -2.21. The van der Waals surface area contributed by atoms with Gasteiger partial charge in [0.1, 0.15) is 5.75 Å². The minimum Gasteiger partial charge on any atom is -0.452 e. The number of esters is 1. The molecule has 2 rings (SSSR count). The molecule has 0 unspecified atom stereocenters. The molecule has 0 heterocycles. The third-order valence-electron chi connectivity index (χ3n) is 3.08. The Bertz CT molecular complexity index is 899. The quantitative estimate of drug-likeness (QED) is 0.343. The number of carbonyl (C=O) groups excluding carboxylic acids is 2. The highest BCUT2D eigenvalue weighted by atomic mass is 19.4. The van der Waals surface area contributed by atoms with E-state index in [1.54, 1.807) is 0 Å². The number of nitro benzene ring substituents is 1. The zero-order valence-electron chi connectivity index (χ0n) is 13.7. The molecule has 0 spiro atoms. The van der Waals surface area contributed by atoms with E-state index in [2.05, 4.69) is 14.8 Å². The Kier molecular flexibility index (Phi) is 6.13. The number of nitrogens with one attached hydrogen (secondary N) is 1. The van der Waals surface area contributed by atoms with E-state index in [-0.39, 0.29) is 11.3 Å². The maximum absolute atomic E-state index is 13.2. The summed E-state index contributed by atoms with van der Waals surface area (Å²) in [4.78, 5) is 33.2. The maximum atomic E-state index is 13.2. The topological polar surface area (TPSA) is 108 Å². The summed E-state index contributed by atoms with van der Waals surface area (Å²) in [7, 11) is 0. The van der Waals surface area contributed by atoms with Gasteiger partial charge in [0, 0.05) is 11.8 Å². The fourth-order valence-electron chi connectivity index (χ4n) is 1.93. The van der Waals surface area contributed by atoms with Gasteiger partial charge in [-0.25, -0.2) is 4.79 Å². The van der Waals surface area contributed by atoms with Crippen LogP contribution in [-0.4, -0.2) is 29.8 Å². The van der Waals surface area contributed by atoms with Crippen LogP contribution in [0.25, 0.3) is 0 Å². The third kappa shape index (κ3) is 5.93. The van der Waals surface area contributed by atoms with Gasteiger partial charge in [-0.05, 0) is 36.4 Å². The first-order valence-electron chi connectivity index (χ1n) is 7.32. The van der Waals surface area contributed by atoms with E-state index in [4.69, 9.17) is 0 Å². The number of hydrogen-bond acceptors (Lipinski definition) is 6. The summed E-state index contributed by atoms with van der Waals surface area (Å²) in [5.41, 5.74) is -1.08. The lowest BCUT2D eigenvalue weighted by atomic mass is 10.2. The molecule has 8 nitrogen and oxygen atoms in total. The first kappa shape index (κ1) is 20.6. The van der Waals surface area contributed by atoms with Crippen molar-refractivity contribution in [2.45, 2.75) is 6.36 Å². The first-order valence-corrected chi connectivity index (χ1v) is 7.32. The van der Waals surface area contributed by atoms with Crippen LogP contribution in [0.1, 0.15) is 10.4 Å². The largest absolute Gasteiger partial charge is 0.573 e. The van der Waals surface area contributed by atoms with Crippen molar-refractivity contribution in [3.8, 4) is 5.75 Å². The average molecular weight is 402 g/mol. The number of amides is 1. The van der Waals surface area contributed by atoms with Gasteiger partial charge in [0.05, 0.1) is 10.5 Å². The van der Waals surface area contributed by atoms with E-state index in [9.17, 15) is 37.3 Å². The second kappa shape index (κ2) is 8.33. The van der Waals surface area contributed by atoms with Crippen LogP contribution < -0.4 is 10.1 Å². The molecular formula is C16H10F4N2O6. The first-order chi connectivity index (χ1) is 13.0. The lowest BCUT2D eigenvalue weighted by Gasteiger charge is -2.09. The summed E-state index contributed by atoms with van der Waals surface area (Å²) in [5, 5.41) is 12.8. The zero-order chi connectivity index (χ0) is 20.9. The number of carbonyl (C=O) groups is 2. The molecule has 0 aliphatic heterocycles. The molecule has 0 saturated heterocycles. The van der Waals surface area contributed by atoms with Gasteiger partial charge in [-0.3, -0.25) is 14.9 Å². The predicted octanol–water partition coefficient (Wildman–Crippen LogP) is 3.43. The van der Waals surface area contributed by atoms with Crippen LogP contribution in [0.4, 0.5) is 28.9 Å². The molecule has 0 radical (unpaired) electrons. The van der Waals surface area contributed by atoms with E-state index in [0.29, 0.717) is 0 Å². The molecule has 0 aliphatic carbocycles. The van der Waals surface area contributed by atoms with E-state index < -0.39 is 47.0 Å². The lowest BCUT2D eigenvalue weighted by molar-refractivity contribution is -0.387. The molecule has 0 aromatic heterocycles. The van der Waals surface area contributed by atoms with Gasteiger partial charge in [-0.15, -0.1) is 13.2 Å². The van der Waals surface area contributed by atoms with Gasteiger partial charge in [-0.1, -0.05) is 0 Å². The van der Waals surface area contributed by atoms with Crippen molar-refractivity contribution in [1.29, 1.82) is 0 Å². The van der Waals surface area contributed by atoms with Crippen molar-refractivity contribution in [1.82, 2.24) is 0 Å². The van der Waals surface area contributed by atoms with Crippen LogP contribution in [-0.2, 0) is 9.53 Å². The van der Waals surface area contributed by atoms with Gasteiger partial charge in [0.15, 0.2) is 6.61 Å². The van der Waals surface area contributed by atoms with Crippen molar-refractivity contribution in [3.05, 3.63) is 64.0 Å². The number of benzene rings is 2. The molecule has 0 saturated carbocycles. The third-order valence-corrected chi connectivity index (χ3v) is 3.08. The Morgan fingerprint density at radius 2 is 1.75 bits per heavy atom. The Labute approximate surface area is 153 Å². The maximum Gasteiger partial charge on any atom is 0.573 e. The molecule has 0 aliphatic rings. The number of hydrogen-bond donors (Lipinski definition) is 1. The van der Waals surface area contributed by atoms with Crippen LogP contribution in [0.3, 0.4) is 0 Å². The highest BCUT2D eigenvalue weighted by Crippen LogP contribution is 2.23. The molecule has 148 valence electrons. The number of ether oxygens (including phenoxy) is 2. The number of nitrogens with zero attached hydrogens (tertiary/aromatic N) is 1. The van der Waals surface area contributed by atoms with Crippen LogP contribution >= 0.6 is 0 Å². The molecule has 12 heteroatoms. The van der Waals surface area contributed by atoms with Gasteiger partial charge >= 0.3 is 18.0 Å². The second-order valence-electron chi connectivity index (χ2n) is 5.12. The molecule has 2 aromatic carbocycles. The number of rotatable bonds is 6. The Balaban J connectivity index is 1.91. The molecule has 0 fully saturated rings. The number of halogens is 4. The van der Waals surface area contributed by atoms with Gasteiger partial charge < -0.3 is 14.8 Å². The highest BCUT2D eigenvalue weighted by Gasteiger charge is 2.31. The molecule has 28 heavy (non-hydrogen) atoms. The molecule has 0 bridgehead atoms. The molecule has 2 aromatic rings. The second-order valence-corrected chi connectivity index (χ2v) is 5.12. The molecule has 1 amide bonds. The van der Waals surface area contributed by atoms with Crippen molar-refractivity contribution in [2.75, 3.05) is 11.9 Å². The van der Waals surface area contributed by atoms with E-state index in [1.165, 1.54) is 0 Å². The Morgan fingerprint density at radius 1 is 1.11 bits per heavy atom.